The summed E-state index contributed by atoms with van der Waals surface area (Å²) in [6.07, 6.45) is 3.40. The first-order valence-corrected chi connectivity index (χ1v) is 6.04. The fourth-order valence-corrected chi connectivity index (χ4v) is 1.95. The van der Waals surface area contributed by atoms with Crippen molar-refractivity contribution in [3.05, 3.63) is 65.9 Å². The smallest absolute Gasteiger partial charge is 0.151 e. The lowest BCUT2D eigenvalue weighted by Gasteiger charge is -2.01. The van der Waals surface area contributed by atoms with Crippen molar-refractivity contribution < 1.29 is 8.78 Å². The number of anilines is 1. The van der Waals surface area contributed by atoms with Crippen LogP contribution in [-0.2, 0) is 0 Å². The van der Waals surface area contributed by atoms with Crippen molar-refractivity contribution in [3.8, 4) is 0 Å². The number of nitrogens with zero attached hydrogens (tertiary/aromatic N) is 1. The standard InChI is InChI=1S/C15H11F2N3/c16-11-5-6-15(13(17)7-11)20-19-9-10-8-18-14-4-2-1-3-12(10)14/h1-9,18,20H/b19-9+. The van der Waals surface area contributed by atoms with Crippen LogP contribution in [0, 0.1) is 11.6 Å². The molecule has 0 amide bonds. The maximum Gasteiger partial charge on any atom is 0.151 e. The molecular weight excluding hydrogens is 260 g/mol. The molecule has 2 aromatic carbocycles. The third-order valence-corrected chi connectivity index (χ3v) is 2.94. The third-order valence-electron chi connectivity index (χ3n) is 2.94. The number of aromatic amines is 1. The normalized spacial score (nSPS) is 11.3. The second-order valence-electron chi connectivity index (χ2n) is 4.28. The summed E-state index contributed by atoms with van der Waals surface area (Å²) < 4.78 is 26.1. The lowest BCUT2D eigenvalue weighted by molar-refractivity contribution is 0.585. The van der Waals surface area contributed by atoms with Crippen LogP contribution in [0.25, 0.3) is 10.9 Å². The molecule has 2 N–H and O–H groups in total. The molecule has 0 saturated carbocycles. The van der Waals surface area contributed by atoms with Gasteiger partial charge < -0.3 is 4.98 Å². The van der Waals surface area contributed by atoms with Crippen LogP contribution < -0.4 is 5.43 Å². The van der Waals surface area contributed by atoms with Crippen LogP contribution in [-0.4, -0.2) is 11.2 Å². The van der Waals surface area contributed by atoms with Gasteiger partial charge in [0.1, 0.15) is 5.82 Å². The van der Waals surface area contributed by atoms with Crippen LogP contribution in [0.2, 0.25) is 0 Å². The zero-order chi connectivity index (χ0) is 13.9. The Labute approximate surface area is 113 Å². The van der Waals surface area contributed by atoms with Crippen LogP contribution in [0.1, 0.15) is 5.56 Å². The van der Waals surface area contributed by atoms with Crippen molar-refractivity contribution in [1.82, 2.24) is 4.98 Å². The monoisotopic (exact) mass is 271 g/mol. The Morgan fingerprint density at radius 2 is 1.95 bits per heavy atom. The van der Waals surface area contributed by atoms with Crippen molar-refractivity contribution in [2.75, 3.05) is 5.43 Å². The van der Waals surface area contributed by atoms with Gasteiger partial charge in [0.25, 0.3) is 0 Å². The molecule has 0 atom stereocenters. The summed E-state index contributed by atoms with van der Waals surface area (Å²) in [5, 5.41) is 4.99. The minimum atomic E-state index is -0.680. The van der Waals surface area contributed by atoms with E-state index < -0.39 is 11.6 Å². The average molecular weight is 271 g/mol. The molecule has 1 aromatic heterocycles. The van der Waals surface area contributed by atoms with E-state index in [1.165, 1.54) is 12.1 Å². The summed E-state index contributed by atoms with van der Waals surface area (Å²) in [7, 11) is 0. The fraction of sp³-hybridized carbons (Fsp3) is 0. The van der Waals surface area contributed by atoms with Gasteiger partial charge in [0.15, 0.2) is 5.82 Å². The molecule has 1 heterocycles. The van der Waals surface area contributed by atoms with Crippen LogP contribution in [0.3, 0.4) is 0 Å². The zero-order valence-electron chi connectivity index (χ0n) is 10.4. The molecular formula is C15H11F2N3. The Bertz CT molecular complexity index is 778. The van der Waals surface area contributed by atoms with Gasteiger partial charge in [-0.25, -0.2) is 8.78 Å². The number of para-hydroxylation sites is 1. The van der Waals surface area contributed by atoms with E-state index in [4.69, 9.17) is 0 Å². The quantitative estimate of drug-likeness (QED) is 0.550. The highest BCUT2D eigenvalue weighted by Gasteiger charge is 2.02. The molecule has 100 valence electrons. The third kappa shape index (κ3) is 2.38. The highest BCUT2D eigenvalue weighted by Crippen LogP contribution is 2.17. The number of aromatic nitrogens is 1. The minimum Gasteiger partial charge on any atom is -0.361 e. The van der Waals surface area contributed by atoms with Gasteiger partial charge in [-0.15, -0.1) is 0 Å². The van der Waals surface area contributed by atoms with E-state index in [9.17, 15) is 8.78 Å². The molecule has 20 heavy (non-hydrogen) atoms. The SMILES string of the molecule is Fc1ccc(N/N=C/c2c[nH]c3ccccc23)c(F)c1. The first-order chi connectivity index (χ1) is 9.74. The van der Waals surface area contributed by atoms with E-state index in [-0.39, 0.29) is 5.69 Å². The van der Waals surface area contributed by atoms with Crippen LogP contribution >= 0.6 is 0 Å². The highest BCUT2D eigenvalue weighted by molar-refractivity contribution is 5.99. The second kappa shape index (κ2) is 5.13. The molecule has 0 saturated heterocycles. The summed E-state index contributed by atoms with van der Waals surface area (Å²) >= 11 is 0. The predicted molar refractivity (Wildman–Crippen MR) is 75.9 cm³/mol. The lowest BCUT2D eigenvalue weighted by atomic mass is 10.2. The molecule has 0 aliphatic rings. The van der Waals surface area contributed by atoms with Crippen molar-refractivity contribution >= 4 is 22.8 Å². The van der Waals surface area contributed by atoms with Gasteiger partial charge in [-0.2, -0.15) is 5.10 Å². The molecule has 0 radical (unpaired) electrons. The van der Waals surface area contributed by atoms with Crippen molar-refractivity contribution in [3.63, 3.8) is 0 Å². The van der Waals surface area contributed by atoms with E-state index in [1.54, 1.807) is 6.21 Å². The molecule has 0 aliphatic heterocycles. The van der Waals surface area contributed by atoms with Crippen molar-refractivity contribution in [1.29, 1.82) is 0 Å². The Kier molecular flexibility index (Phi) is 3.16. The summed E-state index contributed by atoms with van der Waals surface area (Å²) in [4.78, 5) is 3.11. The number of hydrogen-bond acceptors (Lipinski definition) is 2. The summed E-state index contributed by atoms with van der Waals surface area (Å²) in [5.74, 6) is -1.30. The number of nitrogens with one attached hydrogen (secondary N) is 2. The molecule has 0 unspecified atom stereocenters. The molecule has 0 bridgehead atoms. The fourth-order valence-electron chi connectivity index (χ4n) is 1.95. The molecule has 0 aliphatic carbocycles. The van der Waals surface area contributed by atoms with Gasteiger partial charge in [0.2, 0.25) is 0 Å². The van der Waals surface area contributed by atoms with Gasteiger partial charge in [0, 0.05) is 28.7 Å². The topological polar surface area (TPSA) is 40.2 Å². The van der Waals surface area contributed by atoms with Gasteiger partial charge in [0.05, 0.1) is 11.9 Å². The first kappa shape index (κ1) is 12.3. The number of H-pyrrole nitrogens is 1. The maximum atomic E-state index is 13.4. The number of halogens is 2. The zero-order valence-corrected chi connectivity index (χ0v) is 10.4. The predicted octanol–water partition coefficient (Wildman–Crippen LogP) is 3.89. The summed E-state index contributed by atoms with van der Waals surface area (Å²) in [5.41, 5.74) is 4.57. The van der Waals surface area contributed by atoms with E-state index in [2.05, 4.69) is 15.5 Å². The minimum absolute atomic E-state index is 0.127. The Hall–Kier alpha value is -2.69. The largest absolute Gasteiger partial charge is 0.361 e. The van der Waals surface area contributed by atoms with Crippen LogP contribution in [0.4, 0.5) is 14.5 Å². The Morgan fingerprint density at radius 1 is 1.10 bits per heavy atom. The van der Waals surface area contributed by atoms with E-state index in [0.29, 0.717) is 0 Å². The van der Waals surface area contributed by atoms with Crippen LogP contribution in [0.5, 0.6) is 0 Å². The van der Waals surface area contributed by atoms with Gasteiger partial charge in [-0.1, -0.05) is 18.2 Å². The van der Waals surface area contributed by atoms with Crippen molar-refractivity contribution in [2.24, 2.45) is 5.10 Å². The summed E-state index contributed by atoms with van der Waals surface area (Å²) in [6, 6.07) is 11.1. The number of hydrogen-bond donors (Lipinski definition) is 2. The summed E-state index contributed by atoms with van der Waals surface area (Å²) in [6.45, 7) is 0. The van der Waals surface area contributed by atoms with Gasteiger partial charge >= 0.3 is 0 Å². The highest BCUT2D eigenvalue weighted by atomic mass is 19.1. The molecule has 0 fully saturated rings. The molecule has 3 aromatic rings. The number of hydrazone groups is 1. The van der Waals surface area contributed by atoms with E-state index >= 15 is 0 Å². The first-order valence-electron chi connectivity index (χ1n) is 6.04. The van der Waals surface area contributed by atoms with Crippen molar-refractivity contribution in [2.45, 2.75) is 0 Å². The molecule has 3 rings (SSSR count). The number of fused-ring (bicyclic) bond motifs is 1. The Morgan fingerprint density at radius 3 is 2.80 bits per heavy atom. The Balaban J connectivity index is 1.81. The van der Waals surface area contributed by atoms with Gasteiger partial charge in [-0.3, -0.25) is 5.43 Å². The molecule has 3 nitrogen and oxygen atoms in total. The van der Waals surface area contributed by atoms with Gasteiger partial charge in [-0.05, 0) is 18.2 Å². The van der Waals surface area contributed by atoms with E-state index in [1.807, 2.05) is 30.5 Å². The number of benzene rings is 2. The number of rotatable bonds is 3. The van der Waals surface area contributed by atoms with E-state index in [0.717, 1.165) is 22.5 Å². The lowest BCUT2D eigenvalue weighted by Crippen LogP contribution is -1.94. The van der Waals surface area contributed by atoms with Crippen LogP contribution in [0.15, 0.2) is 53.8 Å². The molecule has 0 spiro atoms. The second-order valence-corrected chi connectivity index (χ2v) is 4.28. The maximum absolute atomic E-state index is 13.4. The average Bonchev–Trinajstić information content (AvgIpc) is 2.85. The molecule has 5 heteroatoms.